The fourth-order valence-corrected chi connectivity index (χ4v) is 2.38. The second-order valence-electron chi connectivity index (χ2n) is 4.90. The fraction of sp³-hybridized carbons (Fsp3) is 0.429. The number of nitrogens with zero attached hydrogens (tertiary/aromatic N) is 2. The third-order valence-corrected chi connectivity index (χ3v) is 3.35. The van der Waals surface area contributed by atoms with Gasteiger partial charge in [0.05, 0.1) is 6.42 Å². The van der Waals surface area contributed by atoms with Crippen LogP contribution in [0.25, 0.3) is 0 Å². The quantitative estimate of drug-likeness (QED) is 0.896. The van der Waals surface area contributed by atoms with Crippen LogP contribution in [0.15, 0.2) is 28.8 Å². The summed E-state index contributed by atoms with van der Waals surface area (Å²) in [6.07, 6.45) is 1.82. The van der Waals surface area contributed by atoms with Gasteiger partial charge in [-0.25, -0.2) is 0 Å². The zero-order valence-electron chi connectivity index (χ0n) is 10.5. The first-order valence-electron chi connectivity index (χ1n) is 6.40. The van der Waals surface area contributed by atoms with Gasteiger partial charge in [0.25, 0.3) is 0 Å². The molecule has 2 aromatic rings. The summed E-state index contributed by atoms with van der Waals surface area (Å²) in [4.78, 5) is 4.50. The molecular formula is C14H17N3O. The van der Waals surface area contributed by atoms with E-state index in [9.17, 15) is 0 Å². The largest absolute Gasteiger partial charge is 0.339 e. The van der Waals surface area contributed by atoms with Crippen LogP contribution in [0.3, 0.4) is 0 Å². The SMILES string of the molecule is Cc1cccc(Cc2nc(C3CCNC3)no2)c1. The summed E-state index contributed by atoms with van der Waals surface area (Å²) >= 11 is 0. The van der Waals surface area contributed by atoms with Gasteiger partial charge in [0, 0.05) is 12.5 Å². The highest BCUT2D eigenvalue weighted by Gasteiger charge is 2.21. The first-order chi connectivity index (χ1) is 8.81. The Balaban J connectivity index is 1.73. The van der Waals surface area contributed by atoms with Gasteiger partial charge in [-0.05, 0) is 25.5 Å². The van der Waals surface area contributed by atoms with Crippen LogP contribution >= 0.6 is 0 Å². The van der Waals surface area contributed by atoms with Crippen LogP contribution in [0, 0.1) is 6.92 Å². The predicted octanol–water partition coefficient (Wildman–Crippen LogP) is 2.05. The Bertz CT molecular complexity index is 529. The highest BCUT2D eigenvalue weighted by atomic mass is 16.5. The average molecular weight is 243 g/mol. The summed E-state index contributed by atoms with van der Waals surface area (Å²) in [5, 5.41) is 7.41. The minimum atomic E-state index is 0.417. The molecule has 1 N–H and O–H groups in total. The molecule has 1 aliphatic heterocycles. The summed E-state index contributed by atoms with van der Waals surface area (Å²) in [6.45, 7) is 4.10. The van der Waals surface area contributed by atoms with E-state index in [1.165, 1.54) is 11.1 Å². The van der Waals surface area contributed by atoms with E-state index in [1.807, 2.05) is 0 Å². The highest BCUT2D eigenvalue weighted by molar-refractivity contribution is 5.24. The molecular weight excluding hydrogens is 226 g/mol. The molecule has 0 amide bonds. The second-order valence-corrected chi connectivity index (χ2v) is 4.90. The van der Waals surface area contributed by atoms with Gasteiger partial charge in [0.15, 0.2) is 5.82 Å². The minimum Gasteiger partial charge on any atom is -0.339 e. The van der Waals surface area contributed by atoms with Gasteiger partial charge >= 0.3 is 0 Å². The van der Waals surface area contributed by atoms with E-state index >= 15 is 0 Å². The lowest BCUT2D eigenvalue weighted by Gasteiger charge is -1.99. The molecule has 1 aromatic heterocycles. The van der Waals surface area contributed by atoms with Crippen LogP contribution in [-0.4, -0.2) is 23.2 Å². The van der Waals surface area contributed by atoms with Crippen molar-refractivity contribution in [2.45, 2.75) is 25.7 Å². The van der Waals surface area contributed by atoms with Gasteiger partial charge < -0.3 is 9.84 Å². The number of hydrogen-bond acceptors (Lipinski definition) is 4. The maximum absolute atomic E-state index is 5.33. The summed E-state index contributed by atoms with van der Waals surface area (Å²) in [6, 6.07) is 8.39. The maximum Gasteiger partial charge on any atom is 0.231 e. The molecule has 0 radical (unpaired) electrons. The van der Waals surface area contributed by atoms with Crippen molar-refractivity contribution < 1.29 is 4.52 Å². The Kier molecular flexibility index (Phi) is 3.11. The lowest BCUT2D eigenvalue weighted by atomic mass is 10.1. The molecule has 4 heteroatoms. The van der Waals surface area contributed by atoms with E-state index < -0.39 is 0 Å². The van der Waals surface area contributed by atoms with E-state index in [-0.39, 0.29) is 0 Å². The van der Waals surface area contributed by atoms with Gasteiger partial charge in [-0.3, -0.25) is 0 Å². The Morgan fingerprint density at radius 2 is 2.39 bits per heavy atom. The van der Waals surface area contributed by atoms with E-state index in [1.54, 1.807) is 0 Å². The van der Waals surface area contributed by atoms with Crippen molar-refractivity contribution >= 4 is 0 Å². The molecule has 0 saturated carbocycles. The average Bonchev–Trinajstić information content (AvgIpc) is 2.98. The predicted molar refractivity (Wildman–Crippen MR) is 68.5 cm³/mol. The molecule has 1 aliphatic rings. The van der Waals surface area contributed by atoms with E-state index in [2.05, 4.69) is 46.6 Å². The molecule has 1 unspecified atom stereocenters. The van der Waals surface area contributed by atoms with Crippen molar-refractivity contribution in [3.05, 3.63) is 47.1 Å². The zero-order valence-corrected chi connectivity index (χ0v) is 10.5. The van der Waals surface area contributed by atoms with Gasteiger partial charge in [-0.1, -0.05) is 35.0 Å². The Labute approximate surface area is 106 Å². The lowest BCUT2D eigenvalue weighted by Crippen LogP contribution is -2.08. The smallest absolute Gasteiger partial charge is 0.231 e. The first kappa shape index (κ1) is 11.4. The van der Waals surface area contributed by atoms with Crippen LogP contribution in [0.4, 0.5) is 0 Å². The fourth-order valence-electron chi connectivity index (χ4n) is 2.38. The number of nitrogens with one attached hydrogen (secondary N) is 1. The van der Waals surface area contributed by atoms with Gasteiger partial charge in [-0.2, -0.15) is 4.98 Å². The Morgan fingerprint density at radius 3 is 3.17 bits per heavy atom. The maximum atomic E-state index is 5.33. The van der Waals surface area contributed by atoms with Crippen molar-refractivity contribution in [2.24, 2.45) is 0 Å². The summed E-state index contributed by atoms with van der Waals surface area (Å²) in [5.74, 6) is 1.98. The Hall–Kier alpha value is -1.68. The van der Waals surface area contributed by atoms with Gasteiger partial charge in [-0.15, -0.1) is 0 Å². The molecule has 0 aliphatic carbocycles. The van der Waals surface area contributed by atoms with Crippen molar-refractivity contribution in [2.75, 3.05) is 13.1 Å². The standard InChI is InChI=1S/C14H17N3O/c1-10-3-2-4-11(7-10)8-13-16-14(17-18-13)12-5-6-15-9-12/h2-4,7,12,15H,5-6,8-9H2,1H3. The van der Waals surface area contributed by atoms with Crippen molar-refractivity contribution in [1.82, 2.24) is 15.5 Å². The first-order valence-corrected chi connectivity index (χ1v) is 6.40. The van der Waals surface area contributed by atoms with Gasteiger partial charge in [0.1, 0.15) is 0 Å². The number of aromatic nitrogens is 2. The summed E-state index contributed by atoms with van der Waals surface area (Å²) < 4.78 is 5.33. The lowest BCUT2D eigenvalue weighted by molar-refractivity contribution is 0.376. The second kappa shape index (κ2) is 4.90. The normalized spacial score (nSPS) is 19.3. The molecule has 0 bridgehead atoms. The summed E-state index contributed by atoms with van der Waals surface area (Å²) in [5.41, 5.74) is 2.47. The van der Waals surface area contributed by atoms with E-state index in [0.717, 1.165) is 31.8 Å². The molecule has 3 rings (SSSR count). The molecule has 94 valence electrons. The Morgan fingerprint density at radius 1 is 1.44 bits per heavy atom. The molecule has 1 fully saturated rings. The van der Waals surface area contributed by atoms with Crippen LogP contribution in [-0.2, 0) is 6.42 Å². The third-order valence-electron chi connectivity index (χ3n) is 3.35. The molecule has 1 saturated heterocycles. The number of aryl methyl sites for hydroxylation is 1. The van der Waals surface area contributed by atoms with Gasteiger partial charge in [0.2, 0.25) is 5.89 Å². The van der Waals surface area contributed by atoms with Crippen LogP contribution in [0.2, 0.25) is 0 Å². The monoisotopic (exact) mass is 243 g/mol. The summed E-state index contributed by atoms with van der Waals surface area (Å²) in [7, 11) is 0. The molecule has 2 heterocycles. The number of rotatable bonds is 3. The van der Waals surface area contributed by atoms with Crippen LogP contribution in [0.1, 0.15) is 35.2 Å². The van der Waals surface area contributed by atoms with Crippen LogP contribution in [0.5, 0.6) is 0 Å². The van der Waals surface area contributed by atoms with E-state index in [0.29, 0.717) is 11.8 Å². The highest BCUT2D eigenvalue weighted by Crippen LogP contribution is 2.20. The van der Waals surface area contributed by atoms with Crippen molar-refractivity contribution in [1.29, 1.82) is 0 Å². The molecule has 0 spiro atoms. The molecule has 1 atom stereocenters. The number of benzene rings is 1. The third kappa shape index (κ3) is 2.43. The van der Waals surface area contributed by atoms with E-state index in [4.69, 9.17) is 4.52 Å². The van der Waals surface area contributed by atoms with Crippen molar-refractivity contribution in [3.63, 3.8) is 0 Å². The zero-order chi connectivity index (χ0) is 12.4. The van der Waals surface area contributed by atoms with Crippen molar-refractivity contribution in [3.8, 4) is 0 Å². The topological polar surface area (TPSA) is 51.0 Å². The number of hydrogen-bond donors (Lipinski definition) is 1. The van der Waals surface area contributed by atoms with Crippen LogP contribution < -0.4 is 5.32 Å². The minimum absolute atomic E-state index is 0.417. The molecule has 4 nitrogen and oxygen atoms in total. The molecule has 18 heavy (non-hydrogen) atoms. The molecule has 1 aromatic carbocycles.